The largest absolute Gasteiger partial charge is 0.354 e. The molecule has 0 bridgehead atoms. The van der Waals surface area contributed by atoms with Gasteiger partial charge < -0.3 is 10.6 Å². The van der Waals surface area contributed by atoms with Crippen LogP contribution < -0.4 is 10.6 Å². The number of piperazine rings is 1. The maximum atomic E-state index is 12.0. The number of nitrogens with one attached hydrogen (secondary N) is 2. The van der Waals surface area contributed by atoms with E-state index in [2.05, 4.69) is 44.7 Å². The van der Waals surface area contributed by atoms with Gasteiger partial charge >= 0.3 is 0 Å². The van der Waals surface area contributed by atoms with Gasteiger partial charge in [-0.1, -0.05) is 44.2 Å². The highest BCUT2D eigenvalue weighted by Crippen LogP contribution is 2.08. The highest BCUT2D eigenvalue weighted by atomic mass is 16.2. The molecule has 1 heterocycles. The summed E-state index contributed by atoms with van der Waals surface area (Å²) < 4.78 is 0. The molecule has 0 aliphatic carbocycles. The number of rotatable bonds is 8. The maximum Gasteiger partial charge on any atom is 0.234 e. The number of benzene rings is 1. The first-order chi connectivity index (χ1) is 12.0. The smallest absolute Gasteiger partial charge is 0.234 e. The molecule has 6 nitrogen and oxygen atoms in total. The highest BCUT2D eigenvalue weighted by molar-refractivity contribution is 5.79. The van der Waals surface area contributed by atoms with Crippen molar-refractivity contribution in [2.45, 2.75) is 20.4 Å². The number of hydrogen-bond acceptors (Lipinski definition) is 4. The van der Waals surface area contributed by atoms with Crippen LogP contribution in [0, 0.1) is 5.92 Å². The molecule has 1 aliphatic heterocycles. The minimum atomic E-state index is -0.0251. The third-order valence-corrected chi connectivity index (χ3v) is 4.35. The lowest BCUT2D eigenvalue weighted by Crippen LogP contribution is -2.49. The minimum Gasteiger partial charge on any atom is -0.354 e. The van der Waals surface area contributed by atoms with Gasteiger partial charge in [-0.25, -0.2) is 0 Å². The van der Waals surface area contributed by atoms with Crippen molar-refractivity contribution < 1.29 is 9.59 Å². The molecule has 0 saturated carbocycles. The van der Waals surface area contributed by atoms with Gasteiger partial charge in [0.15, 0.2) is 0 Å². The van der Waals surface area contributed by atoms with E-state index in [0.29, 0.717) is 19.6 Å². The lowest BCUT2D eigenvalue weighted by molar-refractivity contribution is -0.125. The van der Waals surface area contributed by atoms with Crippen LogP contribution in [0.1, 0.15) is 19.4 Å². The molecule has 1 aliphatic rings. The zero-order valence-electron chi connectivity index (χ0n) is 15.3. The summed E-state index contributed by atoms with van der Waals surface area (Å²) in [6, 6.07) is 10.5. The zero-order valence-corrected chi connectivity index (χ0v) is 15.3. The van der Waals surface area contributed by atoms with Crippen LogP contribution >= 0.6 is 0 Å². The van der Waals surface area contributed by atoms with Crippen molar-refractivity contribution in [2.24, 2.45) is 5.92 Å². The van der Waals surface area contributed by atoms with E-state index in [1.54, 1.807) is 0 Å². The molecule has 138 valence electrons. The fourth-order valence-electron chi connectivity index (χ4n) is 2.80. The second-order valence-corrected chi connectivity index (χ2v) is 6.83. The summed E-state index contributed by atoms with van der Waals surface area (Å²) in [5, 5.41) is 5.66. The van der Waals surface area contributed by atoms with Gasteiger partial charge in [-0.3, -0.25) is 19.4 Å². The van der Waals surface area contributed by atoms with E-state index in [-0.39, 0.29) is 17.7 Å². The Labute approximate surface area is 150 Å². The number of carbonyl (C=O) groups excluding carboxylic acids is 2. The Morgan fingerprint density at radius 2 is 1.56 bits per heavy atom. The van der Waals surface area contributed by atoms with Crippen LogP contribution in [0.25, 0.3) is 0 Å². The fraction of sp³-hybridized carbons (Fsp3) is 0.579. The van der Waals surface area contributed by atoms with Gasteiger partial charge in [-0.15, -0.1) is 0 Å². The SMILES string of the molecule is CC(C)C(=O)NCCNC(=O)CN1CCN(Cc2ccccc2)CC1. The van der Waals surface area contributed by atoms with Gasteiger partial charge in [0.1, 0.15) is 0 Å². The predicted octanol–water partition coefficient (Wildman–Crippen LogP) is 0.693. The molecule has 2 amide bonds. The second-order valence-electron chi connectivity index (χ2n) is 6.83. The van der Waals surface area contributed by atoms with Gasteiger partial charge in [-0.2, -0.15) is 0 Å². The summed E-state index contributed by atoms with van der Waals surface area (Å²) in [5.41, 5.74) is 1.33. The van der Waals surface area contributed by atoms with E-state index in [4.69, 9.17) is 0 Å². The van der Waals surface area contributed by atoms with Crippen molar-refractivity contribution in [2.75, 3.05) is 45.8 Å². The monoisotopic (exact) mass is 346 g/mol. The Bertz CT molecular complexity index is 540. The molecule has 0 spiro atoms. The van der Waals surface area contributed by atoms with E-state index in [1.165, 1.54) is 5.56 Å². The average Bonchev–Trinajstić information content (AvgIpc) is 2.61. The lowest BCUT2D eigenvalue weighted by Gasteiger charge is -2.34. The van der Waals surface area contributed by atoms with Crippen LogP contribution in [0.2, 0.25) is 0 Å². The van der Waals surface area contributed by atoms with Crippen molar-refractivity contribution >= 4 is 11.8 Å². The highest BCUT2D eigenvalue weighted by Gasteiger charge is 2.18. The summed E-state index contributed by atoms with van der Waals surface area (Å²) in [6.07, 6.45) is 0. The van der Waals surface area contributed by atoms with Crippen molar-refractivity contribution in [3.05, 3.63) is 35.9 Å². The summed E-state index contributed by atoms with van der Waals surface area (Å²) in [7, 11) is 0. The van der Waals surface area contributed by atoms with Gasteiger partial charge in [0.05, 0.1) is 6.54 Å². The molecule has 2 rings (SSSR count). The van der Waals surface area contributed by atoms with Crippen molar-refractivity contribution in [1.29, 1.82) is 0 Å². The lowest BCUT2D eigenvalue weighted by atomic mass is 10.2. The average molecular weight is 346 g/mol. The van der Waals surface area contributed by atoms with E-state index in [1.807, 2.05) is 19.9 Å². The van der Waals surface area contributed by atoms with Crippen LogP contribution in [-0.2, 0) is 16.1 Å². The quantitative estimate of drug-likeness (QED) is 0.680. The molecule has 6 heteroatoms. The summed E-state index contributed by atoms with van der Waals surface area (Å²) in [5.74, 6) is 0.0157. The van der Waals surface area contributed by atoms with Crippen LogP contribution in [0.4, 0.5) is 0 Å². The first-order valence-corrected chi connectivity index (χ1v) is 9.07. The molecule has 1 fully saturated rings. The topological polar surface area (TPSA) is 64.7 Å². The Hall–Kier alpha value is -1.92. The minimum absolute atomic E-state index is 0.0174. The Morgan fingerprint density at radius 3 is 2.20 bits per heavy atom. The molecule has 1 aromatic rings. The van der Waals surface area contributed by atoms with E-state index < -0.39 is 0 Å². The Morgan fingerprint density at radius 1 is 0.960 bits per heavy atom. The van der Waals surface area contributed by atoms with Crippen LogP contribution in [0.3, 0.4) is 0 Å². The molecule has 0 aromatic heterocycles. The molecule has 2 N–H and O–H groups in total. The molecule has 1 aromatic carbocycles. The second kappa shape index (κ2) is 10.2. The summed E-state index contributed by atoms with van der Waals surface area (Å²) >= 11 is 0. The van der Waals surface area contributed by atoms with Gasteiger partial charge in [0, 0.05) is 51.7 Å². The molecule has 0 radical (unpaired) electrons. The fourth-order valence-corrected chi connectivity index (χ4v) is 2.80. The van der Waals surface area contributed by atoms with E-state index >= 15 is 0 Å². The van der Waals surface area contributed by atoms with Crippen LogP contribution in [-0.4, -0.2) is 67.4 Å². The molecule has 0 unspecified atom stereocenters. The molecule has 25 heavy (non-hydrogen) atoms. The first-order valence-electron chi connectivity index (χ1n) is 9.07. The molecular weight excluding hydrogens is 316 g/mol. The normalized spacial score (nSPS) is 16.0. The zero-order chi connectivity index (χ0) is 18.1. The van der Waals surface area contributed by atoms with E-state index in [0.717, 1.165) is 32.7 Å². The van der Waals surface area contributed by atoms with Crippen LogP contribution in [0.15, 0.2) is 30.3 Å². The molecule has 0 atom stereocenters. The van der Waals surface area contributed by atoms with Crippen molar-refractivity contribution in [3.63, 3.8) is 0 Å². The third kappa shape index (κ3) is 7.23. The predicted molar refractivity (Wildman–Crippen MR) is 99.0 cm³/mol. The van der Waals surface area contributed by atoms with Gasteiger partial charge in [0.2, 0.25) is 11.8 Å². The Kier molecular flexibility index (Phi) is 7.88. The van der Waals surface area contributed by atoms with Crippen molar-refractivity contribution in [1.82, 2.24) is 20.4 Å². The number of nitrogens with zero attached hydrogens (tertiary/aromatic N) is 2. The number of carbonyl (C=O) groups is 2. The number of hydrogen-bond donors (Lipinski definition) is 2. The summed E-state index contributed by atoms with van der Waals surface area (Å²) in [6.45, 7) is 9.83. The van der Waals surface area contributed by atoms with Gasteiger partial charge in [-0.05, 0) is 5.56 Å². The van der Waals surface area contributed by atoms with Crippen LogP contribution in [0.5, 0.6) is 0 Å². The first kappa shape index (κ1) is 19.4. The molecular formula is C19H30N4O2. The summed E-state index contributed by atoms with van der Waals surface area (Å²) in [4.78, 5) is 28.0. The molecule has 1 saturated heterocycles. The van der Waals surface area contributed by atoms with E-state index in [9.17, 15) is 9.59 Å². The standard InChI is InChI=1S/C19H30N4O2/c1-16(2)19(25)21-9-8-20-18(24)15-23-12-10-22(11-13-23)14-17-6-4-3-5-7-17/h3-7,16H,8-15H2,1-2H3,(H,20,24)(H,21,25). The van der Waals surface area contributed by atoms with Gasteiger partial charge in [0.25, 0.3) is 0 Å². The van der Waals surface area contributed by atoms with Crippen molar-refractivity contribution in [3.8, 4) is 0 Å². The Balaban J connectivity index is 1.58. The third-order valence-electron chi connectivity index (χ3n) is 4.35. The number of amides is 2. The maximum absolute atomic E-state index is 12.0.